The Kier molecular flexibility index (Phi) is 4.77. The second kappa shape index (κ2) is 7.14. The van der Waals surface area contributed by atoms with Crippen molar-refractivity contribution in [1.29, 1.82) is 0 Å². The molecule has 6 heteroatoms. The third kappa shape index (κ3) is 3.38. The van der Waals surface area contributed by atoms with Crippen LogP contribution >= 0.6 is 0 Å². The molecule has 0 aliphatic rings. The van der Waals surface area contributed by atoms with Gasteiger partial charge in [0.25, 0.3) is 0 Å². The number of nitrogens with zero attached hydrogens (tertiary/aromatic N) is 4. The van der Waals surface area contributed by atoms with E-state index in [4.69, 9.17) is 4.74 Å². The molecule has 0 radical (unpaired) electrons. The number of carbonyl (C=O) groups is 1. The van der Waals surface area contributed by atoms with Crippen molar-refractivity contribution in [2.24, 2.45) is 7.05 Å². The molecule has 0 saturated carbocycles. The lowest BCUT2D eigenvalue weighted by Crippen LogP contribution is -2.07. The van der Waals surface area contributed by atoms with Crippen molar-refractivity contribution < 1.29 is 9.53 Å². The van der Waals surface area contributed by atoms with Crippen LogP contribution in [0.4, 0.5) is 0 Å². The molecule has 3 heterocycles. The Balaban J connectivity index is 1.83. The van der Waals surface area contributed by atoms with Crippen LogP contribution in [0.3, 0.4) is 0 Å². The predicted molar refractivity (Wildman–Crippen MR) is 90.5 cm³/mol. The van der Waals surface area contributed by atoms with Crippen molar-refractivity contribution >= 4 is 5.78 Å². The molecule has 24 heavy (non-hydrogen) atoms. The summed E-state index contributed by atoms with van der Waals surface area (Å²) in [4.78, 5) is 25.0. The molecule has 0 N–H and O–H groups in total. The van der Waals surface area contributed by atoms with E-state index in [1.54, 1.807) is 31.9 Å². The molecule has 0 spiro atoms. The Morgan fingerprint density at radius 1 is 1.17 bits per heavy atom. The van der Waals surface area contributed by atoms with Crippen LogP contribution in [-0.2, 0) is 11.8 Å². The molecular formula is C18H18N4O2. The van der Waals surface area contributed by atoms with Gasteiger partial charge in [-0.1, -0.05) is 0 Å². The van der Waals surface area contributed by atoms with Crippen LogP contribution in [0.2, 0.25) is 0 Å². The summed E-state index contributed by atoms with van der Waals surface area (Å²) in [5.74, 6) is 0.678. The highest BCUT2D eigenvalue weighted by Gasteiger charge is 2.13. The summed E-state index contributed by atoms with van der Waals surface area (Å²) in [7, 11) is 3.44. The minimum absolute atomic E-state index is 0.0542. The predicted octanol–water partition coefficient (Wildman–Crippen LogP) is 2.76. The maximum atomic E-state index is 12.2. The fraction of sp³-hybridized carbons (Fsp3) is 0.222. The van der Waals surface area contributed by atoms with Crippen LogP contribution in [0.5, 0.6) is 0 Å². The normalized spacial score (nSPS) is 10.8. The Labute approximate surface area is 140 Å². The van der Waals surface area contributed by atoms with Gasteiger partial charge in [-0.3, -0.25) is 9.78 Å². The number of ketones is 1. The van der Waals surface area contributed by atoms with Gasteiger partial charge in [0.05, 0.1) is 12.3 Å². The third-order valence-corrected chi connectivity index (χ3v) is 3.73. The number of pyridine rings is 1. The number of methoxy groups -OCH3 is 1. The molecule has 0 aliphatic carbocycles. The van der Waals surface area contributed by atoms with Crippen molar-refractivity contribution in [3.05, 3.63) is 54.9 Å². The molecule has 0 fully saturated rings. The largest absolute Gasteiger partial charge is 0.384 e. The average Bonchev–Trinajstić information content (AvgIpc) is 3.02. The first-order valence-corrected chi connectivity index (χ1v) is 7.60. The fourth-order valence-corrected chi connectivity index (χ4v) is 2.44. The van der Waals surface area contributed by atoms with Crippen LogP contribution in [0.25, 0.3) is 22.5 Å². The lowest BCUT2D eigenvalue weighted by Gasteiger charge is -2.01. The number of Topliss-reactive ketones (excluding diaryl/α,β-unsaturated/α-hetero) is 1. The van der Waals surface area contributed by atoms with Gasteiger partial charge in [-0.2, -0.15) is 0 Å². The number of hydrogen-bond acceptors (Lipinski definition) is 5. The van der Waals surface area contributed by atoms with Crippen LogP contribution in [0.1, 0.15) is 16.9 Å². The third-order valence-electron chi connectivity index (χ3n) is 3.73. The summed E-state index contributed by atoms with van der Waals surface area (Å²) < 4.78 is 6.79. The highest BCUT2D eigenvalue weighted by Crippen LogP contribution is 2.22. The van der Waals surface area contributed by atoms with Gasteiger partial charge in [-0.05, 0) is 18.2 Å². The molecule has 3 aromatic heterocycles. The summed E-state index contributed by atoms with van der Waals surface area (Å²) in [5.41, 5.74) is 3.30. The van der Waals surface area contributed by atoms with Gasteiger partial charge in [-0.15, -0.1) is 0 Å². The molecule has 0 atom stereocenters. The highest BCUT2D eigenvalue weighted by molar-refractivity contribution is 5.96. The summed E-state index contributed by atoms with van der Waals surface area (Å²) in [6.45, 7) is 0.419. The van der Waals surface area contributed by atoms with Crippen molar-refractivity contribution in [1.82, 2.24) is 19.5 Å². The topological polar surface area (TPSA) is 69.9 Å². The number of carbonyl (C=O) groups excluding carboxylic acids is 1. The number of aromatic nitrogens is 4. The second-order valence-electron chi connectivity index (χ2n) is 5.43. The van der Waals surface area contributed by atoms with E-state index in [2.05, 4.69) is 15.0 Å². The second-order valence-corrected chi connectivity index (χ2v) is 5.43. The van der Waals surface area contributed by atoms with Gasteiger partial charge in [0.2, 0.25) is 0 Å². The lowest BCUT2D eigenvalue weighted by molar-refractivity contribution is 0.0924. The van der Waals surface area contributed by atoms with E-state index in [9.17, 15) is 4.79 Å². The molecule has 0 saturated heterocycles. The molecule has 0 aliphatic heterocycles. The zero-order valence-corrected chi connectivity index (χ0v) is 13.6. The van der Waals surface area contributed by atoms with E-state index in [1.165, 1.54) is 0 Å². The summed E-state index contributed by atoms with van der Waals surface area (Å²) >= 11 is 0. The summed E-state index contributed by atoms with van der Waals surface area (Å²) in [6.07, 6.45) is 9.23. The molecule has 3 aromatic rings. The maximum absolute atomic E-state index is 12.2. The van der Waals surface area contributed by atoms with E-state index < -0.39 is 0 Å². The van der Waals surface area contributed by atoms with Crippen molar-refractivity contribution in [2.45, 2.75) is 6.42 Å². The smallest absolute Gasteiger partial charge is 0.181 e. The van der Waals surface area contributed by atoms with Gasteiger partial charge in [0.15, 0.2) is 11.6 Å². The van der Waals surface area contributed by atoms with Gasteiger partial charge in [-0.25, -0.2) is 9.97 Å². The zero-order valence-electron chi connectivity index (χ0n) is 13.6. The van der Waals surface area contributed by atoms with Crippen molar-refractivity contribution in [2.75, 3.05) is 13.7 Å². The number of hydrogen-bond donors (Lipinski definition) is 0. The Bertz CT molecular complexity index is 826. The monoisotopic (exact) mass is 322 g/mol. The Hall–Kier alpha value is -2.86. The molecular weight excluding hydrogens is 304 g/mol. The standard InChI is InChI=1S/C18H18N4O2/c1-22-12-14(8-16(22)17(23)5-7-24-2)15-10-20-18(21-11-15)13-4-3-6-19-9-13/h3-4,6,8-12H,5,7H2,1-2H3. The SMILES string of the molecule is COCCC(=O)c1cc(-c2cnc(-c3cccnc3)nc2)cn1C. The number of aryl methyl sites for hydroxylation is 1. The van der Waals surface area contributed by atoms with Gasteiger partial charge in [0, 0.05) is 68.3 Å². The van der Waals surface area contributed by atoms with Gasteiger partial charge in [0.1, 0.15) is 0 Å². The van der Waals surface area contributed by atoms with Crippen LogP contribution in [0.15, 0.2) is 49.2 Å². The van der Waals surface area contributed by atoms with E-state index >= 15 is 0 Å². The minimum Gasteiger partial charge on any atom is -0.384 e. The van der Waals surface area contributed by atoms with E-state index in [-0.39, 0.29) is 5.78 Å². The highest BCUT2D eigenvalue weighted by atomic mass is 16.5. The first-order chi connectivity index (χ1) is 11.7. The van der Waals surface area contributed by atoms with E-state index in [0.29, 0.717) is 24.5 Å². The Morgan fingerprint density at radius 3 is 2.62 bits per heavy atom. The van der Waals surface area contributed by atoms with E-state index in [0.717, 1.165) is 16.7 Å². The minimum atomic E-state index is 0.0542. The summed E-state index contributed by atoms with van der Waals surface area (Å²) in [6, 6.07) is 5.62. The molecule has 0 amide bonds. The van der Waals surface area contributed by atoms with Gasteiger partial charge < -0.3 is 9.30 Å². The quantitative estimate of drug-likeness (QED) is 0.653. The zero-order chi connectivity index (χ0) is 16.9. The van der Waals surface area contributed by atoms with E-state index in [1.807, 2.05) is 36.0 Å². The molecule has 6 nitrogen and oxygen atoms in total. The van der Waals surface area contributed by atoms with Gasteiger partial charge >= 0.3 is 0 Å². The summed E-state index contributed by atoms with van der Waals surface area (Å²) in [5, 5.41) is 0. The molecule has 122 valence electrons. The lowest BCUT2D eigenvalue weighted by atomic mass is 10.1. The first-order valence-electron chi connectivity index (χ1n) is 7.60. The van der Waals surface area contributed by atoms with Crippen molar-refractivity contribution in [3.63, 3.8) is 0 Å². The molecule has 0 unspecified atom stereocenters. The van der Waals surface area contributed by atoms with Crippen LogP contribution < -0.4 is 0 Å². The number of rotatable bonds is 6. The molecule has 0 aromatic carbocycles. The Morgan fingerprint density at radius 2 is 1.96 bits per heavy atom. The fourth-order valence-electron chi connectivity index (χ4n) is 2.44. The first kappa shape index (κ1) is 16.0. The molecule has 0 bridgehead atoms. The average molecular weight is 322 g/mol. The number of ether oxygens (including phenoxy) is 1. The molecule has 3 rings (SSSR count). The van der Waals surface area contributed by atoms with Crippen LogP contribution in [-0.4, -0.2) is 39.0 Å². The maximum Gasteiger partial charge on any atom is 0.181 e. The van der Waals surface area contributed by atoms with Crippen LogP contribution in [0, 0.1) is 0 Å². The van der Waals surface area contributed by atoms with Crippen molar-refractivity contribution in [3.8, 4) is 22.5 Å².